The molecule has 1 rings (SSSR count). The molecule has 0 heterocycles. The molecule has 0 saturated carbocycles. The van der Waals surface area contributed by atoms with Gasteiger partial charge in [0.2, 0.25) is 0 Å². The number of hydrogen-bond acceptors (Lipinski definition) is 2. The van der Waals surface area contributed by atoms with Gasteiger partial charge in [-0.3, -0.25) is 0 Å². The second-order valence-corrected chi connectivity index (χ2v) is 5.09. The fourth-order valence-electron chi connectivity index (χ4n) is 1.72. The highest BCUT2D eigenvalue weighted by atomic mass is 79.9. The zero-order valence-electron chi connectivity index (χ0n) is 10.7. The molecule has 0 amide bonds. The van der Waals surface area contributed by atoms with Gasteiger partial charge in [0.15, 0.2) is 0 Å². The molecule has 0 aliphatic heterocycles. The lowest BCUT2D eigenvalue weighted by atomic mass is 10.0. The minimum atomic E-state index is -0.0119. The molecule has 3 heteroatoms. The van der Waals surface area contributed by atoms with Crippen molar-refractivity contribution in [1.82, 2.24) is 0 Å². The molecule has 17 heavy (non-hydrogen) atoms. The maximum atomic E-state index is 6.15. The van der Waals surface area contributed by atoms with E-state index in [0.717, 1.165) is 35.9 Å². The average Bonchev–Trinajstić information content (AvgIpc) is 2.35. The predicted octanol–water partition coefficient (Wildman–Crippen LogP) is 4.04. The maximum absolute atomic E-state index is 6.15. The number of halogens is 1. The highest BCUT2D eigenvalue weighted by Gasteiger charge is 2.20. The highest BCUT2D eigenvalue weighted by molar-refractivity contribution is 9.10. The van der Waals surface area contributed by atoms with Crippen LogP contribution < -0.4 is 5.73 Å². The van der Waals surface area contributed by atoms with Crippen LogP contribution >= 0.6 is 15.9 Å². The molecule has 0 fully saturated rings. The van der Waals surface area contributed by atoms with Gasteiger partial charge in [-0.05, 0) is 24.5 Å². The first kappa shape index (κ1) is 14.7. The van der Waals surface area contributed by atoms with E-state index in [-0.39, 0.29) is 12.1 Å². The predicted molar refractivity (Wildman–Crippen MR) is 76.0 cm³/mol. The summed E-state index contributed by atoms with van der Waals surface area (Å²) >= 11 is 3.57. The number of ether oxygens (including phenoxy) is 1. The molecule has 2 atom stereocenters. The van der Waals surface area contributed by atoms with Crippen LogP contribution in [-0.2, 0) is 4.74 Å². The first-order valence-corrected chi connectivity index (χ1v) is 7.11. The second kappa shape index (κ2) is 7.85. The maximum Gasteiger partial charge on any atom is 0.0986 e. The largest absolute Gasteiger partial charge is 0.372 e. The Bertz CT molecular complexity index is 330. The number of hydrogen-bond donors (Lipinski definition) is 1. The van der Waals surface area contributed by atoms with Gasteiger partial charge in [0.25, 0.3) is 0 Å². The van der Waals surface area contributed by atoms with Gasteiger partial charge in [-0.15, -0.1) is 0 Å². The third-order valence-corrected chi connectivity index (χ3v) is 3.59. The lowest BCUT2D eigenvalue weighted by Crippen LogP contribution is -2.30. The van der Waals surface area contributed by atoms with Crippen LogP contribution in [0.2, 0.25) is 0 Å². The summed E-state index contributed by atoms with van der Waals surface area (Å²) in [7, 11) is 0. The topological polar surface area (TPSA) is 35.2 Å². The van der Waals surface area contributed by atoms with E-state index in [4.69, 9.17) is 10.5 Å². The molecule has 2 N–H and O–H groups in total. The third-order valence-electron chi connectivity index (χ3n) is 2.87. The van der Waals surface area contributed by atoms with Crippen molar-refractivity contribution in [2.45, 2.75) is 45.3 Å². The first-order chi connectivity index (χ1) is 8.20. The van der Waals surface area contributed by atoms with Crippen molar-refractivity contribution in [3.05, 3.63) is 34.3 Å². The van der Waals surface area contributed by atoms with Gasteiger partial charge >= 0.3 is 0 Å². The van der Waals surface area contributed by atoms with Gasteiger partial charge in [-0.25, -0.2) is 0 Å². The van der Waals surface area contributed by atoms with E-state index in [0.29, 0.717) is 0 Å². The summed E-state index contributed by atoms with van der Waals surface area (Å²) in [6.07, 6.45) is 3.13. The quantitative estimate of drug-likeness (QED) is 0.771. The van der Waals surface area contributed by atoms with Gasteiger partial charge in [-0.2, -0.15) is 0 Å². The van der Waals surface area contributed by atoms with Crippen LogP contribution in [0.3, 0.4) is 0 Å². The Morgan fingerprint density at radius 1 is 1.29 bits per heavy atom. The second-order valence-electron chi connectivity index (χ2n) is 4.24. The van der Waals surface area contributed by atoms with E-state index in [1.54, 1.807) is 0 Å². The fraction of sp³-hybridized carbons (Fsp3) is 0.571. The lowest BCUT2D eigenvalue weighted by Gasteiger charge is -2.24. The van der Waals surface area contributed by atoms with Crippen LogP contribution in [0.15, 0.2) is 28.7 Å². The molecule has 0 aliphatic rings. The van der Waals surface area contributed by atoms with Crippen LogP contribution in [0.1, 0.15) is 44.8 Å². The fourth-order valence-corrected chi connectivity index (χ4v) is 2.23. The Labute approximate surface area is 113 Å². The molecule has 1 aromatic rings. The van der Waals surface area contributed by atoms with E-state index in [1.165, 1.54) is 0 Å². The average molecular weight is 300 g/mol. The molecular weight excluding hydrogens is 278 g/mol. The minimum absolute atomic E-state index is 0.0119. The van der Waals surface area contributed by atoms with Gasteiger partial charge < -0.3 is 10.5 Å². The summed E-state index contributed by atoms with van der Waals surface area (Å²) in [6.45, 7) is 5.03. The van der Waals surface area contributed by atoms with Crippen molar-refractivity contribution in [3.8, 4) is 0 Å². The van der Waals surface area contributed by atoms with Crippen LogP contribution in [0.5, 0.6) is 0 Å². The van der Waals surface area contributed by atoms with E-state index >= 15 is 0 Å². The summed E-state index contributed by atoms with van der Waals surface area (Å²) in [6, 6.07) is 8.20. The Hall–Kier alpha value is -0.380. The Morgan fingerprint density at radius 2 is 2.00 bits per heavy atom. The van der Waals surface area contributed by atoms with Gasteiger partial charge in [-0.1, -0.05) is 54.4 Å². The highest BCUT2D eigenvalue weighted by Crippen LogP contribution is 2.29. The van der Waals surface area contributed by atoms with E-state index < -0.39 is 0 Å². The summed E-state index contributed by atoms with van der Waals surface area (Å²) < 4.78 is 7.02. The lowest BCUT2D eigenvalue weighted by molar-refractivity contribution is 0.0313. The number of nitrogens with two attached hydrogens (primary N) is 1. The van der Waals surface area contributed by atoms with Crippen molar-refractivity contribution in [2.75, 3.05) is 6.61 Å². The zero-order valence-corrected chi connectivity index (χ0v) is 12.2. The van der Waals surface area contributed by atoms with E-state index in [9.17, 15) is 0 Å². The van der Waals surface area contributed by atoms with Crippen molar-refractivity contribution in [2.24, 2.45) is 5.73 Å². The molecule has 0 radical (unpaired) electrons. The molecule has 96 valence electrons. The van der Waals surface area contributed by atoms with E-state index in [2.05, 4.69) is 35.8 Å². The zero-order chi connectivity index (χ0) is 12.7. The molecule has 2 nitrogen and oxygen atoms in total. The number of benzene rings is 1. The minimum Gasteiger partial charge on any atom is -0.372 e. The first-order valence-electron chi connectivity index (χ1n) is 6.32. The standard InChI is InChI=1S/C14H22BrNO/c1-3-5-10-17-14(13(16)4-2)11-8-6-7-9-12(11)15/h6-9,13-14H,3-5,10,16H2,1-2H3. The molecule has 0 aliphatic carbocycles. The smallest absolute Gasteiger partial charge is 0.0986 e. The van der Waals surface area contributed by atoms with Gasteiger partial charge in [0, 0.05) is 17.1 Å². The molecule has 0 spiro atoms. The Kier molecular flexibility index (Phi) is 6.78. The number of rotatable bonds is 7. The molecule has 0 bridgehead atoms. The van der Waals surface area contributed by atoms with Crippen molar-refractivity contribution in [1.29, 1.82) is 0 Å². The SMILES string of the molecule is CCCCOC(c1ccccc1Br)C(N)CC. The Morgan fingerprint density at radius 3 is 2.59 bits per heavy atom. The molecule has 0 aromatic heterocycles. The molecule has 0 saturated heterocycles. The molecule has 1 aromatic carbocycles. The summed E-state index contributed by atoms with van der Waals surface area (Å²) in [5, 5.41) is 0. The van der Waals surface area contributed by atoms with Gasteiger partial charge in [0.05, 0.1) is 6.10 Å². The number of unbranched alkanes of at least 4 members (excludes halogenated alkanes) is 1. The van der Waals surface area contributed by atoms with Crippen LogP contribution in [0, 0.1) is 0 Å². The molecule has 2 unspecified atom stereocenters. The summed E-state index contributed by atoms with van der Waals surface area (Å²) in [4.78, 5) is 0. The van der Waals surface area contributed by atoms with Crippen LogP contribution in [-0.4, -0.2) is 12.6 Å². The Balaban J connectivity index is 2.79. The molecular formula is C14H22BrNO. The summed E-state index contributed by atoms with van der Waals surface area (Å²) in [5.41, 5.74) is 7.31. The van der Waals surface area contributed by atoms with Crippen molar-refractivity contribution < 1.29 is 4.74 Å². The summed E-state index contributed by atoms with van der Waals surface area (Å²) in [5.74, 6) is 0. The van der Waals surface area contributed by atoms with Crippen molar-refractivity contribution >= 4 is 15.9 Å². The normalized spacial score (nSPS) is 14.6. The van der Waals surface area contributed by atoms with Crippen molar-refractivity contribution in [3.63, 3.8) is 0 Å². The van der Waals surface area contributed by atoms with Gasteiger partial charge in [0.1, 0.15) is 0 Å². The van der Waals surface area contributed by atoms with Crippen LogP contribution in [0.25, 0.3) is 0 Å². The monoisotopic (exact) mass is 299 g/mol. The van der Waals surface area contributed by atoms with Crippen LogP contribution in [0.4, 0.5) is 0 Å². The third kappa shape index (κ3) is 4.41. The van der Waals surface area contributed by atoms with E-state index in [1.807, 2.05) is 18.2 Å².